The van der Waals surface area contributed by atoms with E-state index < -0.39 is 0 Å². The Morgan fingerprint density at radius 2 is 1.26 bits per heavy atom. The lowest BCUT2D eigenvalue weighted by Crippen LogP contribution is -2.12. The average molecular weight is 289 g/mol. The highest BCUT2D eigenvalue weighted by Gasteiger charge is 1.98. The van der Waals surface area contributed by atoms with Crippen LogP contribution >= 0.6 is 11.8 Å². The molecule has 0 aromatic heterocycles. The summed E-state index contributed by atoms with van der Waals surface area (Å²) in [5.41, 5.74) is 1.63. The number of hydrogen-bond donors (Lipinski definition) is 2. The van der Waals surface area contributed by atoms with Gasteiger partial charge < -0.3 is 0 Å². The Bertz CT molecular complexity index is 201. The molecule has 0 saturated carbocycles. The molecule has 4 heteroatoms. The van der Waals surface area contributed by atoms with Crippen LogP contribution in [0.2, 0.25) is 0 Å². The molecule has 0 atom stereocenters. The number of carbonyl (C=O) groups excluding carboxylic acids is 1. The quantitative estimate of drug-likeness (QED) is 0.267. The molecule has 0 heterocycles. The first-order valence-electron chi connectivity index (χ1n) is 7.88. The number of amides is 1. The van der Waals surface area contributed by atoms with Gasteiger partial charge in [-0.2, -0.15) is 0 Å². The van der Waals surface area contributed by atoms with E-state index >= 15 is 0 Å². The van der Waals surface area contributed by atoms with Gasteiger partial charge in [0.25, 0.3) is 0 Å². The fourth-order valence-corrected chi connectivity index (χ4v) is 2.74. The molecule has 114 valence electrons. The van der Waals surface area contributed by atoms with Gasteiger partial charge in [-0.05, 0) is 6.42 Å². The molecule has 1 amide bonds. The normalized spacial score (nSPS) is 10.6. The summed E-state index contributed by atoms with van der Waals surface area (Å²) in [5.74, 6) is 0.809. The van der Waals surface area contributed by atoms with Crippen molar-refractivity contribution in [1.29, 1.82) is 0 Å². The monoisotopic (exact) mass is 289 g/mol. The molecule has 0 aromatic rings. The third-order valence-electron chi connectivity index (χ3n) is 3.32. The van der Waals surface area contributed by atoms with Gasteiger partial charge >= 0.3 is 5.24 Å². The third kappa shape index (κ3) is 15.7. The molecule has 0 spiro atoms. The number of unbranched alkanes of at least 4 members (excludes halogenated alkanes) is 11. The molecule has 0 unspecified atom stereocenters. The molecule has 0 bridgehead atoms. The first-order chi connectivity index (χ1) is 9.31. The molecule has 19 heavy (non-hydrogen) atoms. The van der Waals surface area contributed by atoms with Crippen LogP contribution in [-0.2, 0) is 0 Å². The maximum absolute atomic E-state index is 10.7. The van der Waals surface area contributed by atoms with Crippen molar-refractivity contribution in [3.63, 3.8) is 0 Å². The van der Waals surface area contributed by atoms with Crippen molar-refractivity contribution >= 4 is 17.0 Å². The summed E-state index contributed by atoms with van der Waals surface area (Å²) >= 11 is 1.16. The van der Waals surface area contributed by atoms with Crippen molar-refractivity contribution in [2.75, 3.05) is 5.75 Å². The van der Waals surface area contributed by atoms with Crippen LogP contribution < -0.4 is 5.48 Å². The first kappa shape index (κ1) is 18.8. The van der Waals surface area contributed by atoms with Gasteiger partial charge in [-0.3, -0.25) is 10.0 Å². The predicted octanol–water partition coefficient (Wildman–Crippen LogP) is 5.52. The molecule has 0 radical (unpaired) electrons. The summed E-state index contributed by atoms with van der Waals surface area (Å²) in [5, 5.41) is 7.96. The van der Waals surface area contributed by atoms with E-state index in [0.717, 1.165) is 23.9 Å². The number of rotatable bonds is 13. The van der Waals surface area contributed by atoms with Crippen molar-refractivity contribution in [2.45, 2.75) is 84.0 Å². The van der Waals surface area contributed by atoms with Crippen molar-refractivity contribution in [3.8, 4) is 0 Å². The van der Waals surface area contributed by atoms with E-state index in [1.54, 1.807) is 5.48 Å². The zero-order valence-electron chi connectivity index (χ0n) is 12.5. The molecule has 0 rings (SSSR count). The summed E-state index contributed by atoms with van der Waals surface area (Å²) in [7, 11) is 0. The van der Waals surface area contributed by atoms with Crippen LogP contribution in [0, 0.1) is 0 Å². The van der Waals surface area contributed by atoms with E-state index in [9.17, 15) is 4.79 Å². The van der Waals surface area contributed by atoms with Gasteiger partial charge in [0.05, 0.1) is 0 Å². The van der Waals surface area contributed by atoms with Gasteiger partial charge in [0, 0.05) is 5.75 Å². The fourth-order valence-electron chi connectivity index (χ4n) is 2.14. The standard InChI is InChI=1S/C15H31NO2S/c1-2-3-4-5-6-7-8-9-10-11-12-13-14-19-15(17)16-18/h18H,2-14H2,1H3,(H,16,17). The van der Waals surface area contributed by atoms with E-state index in [2.05, 4.69) is 6.92 Å². The molecular formula is C15H31NO2S. The van der Waals surface area contributed by atoms with Gasteiger partial charge in [0.1, 0.15) is 0 Å². The molecular weight excluding hydrogens is 258 g/mol. The van der Waals surface area contributed by atoms with Crippen molar-refractivity contribution in [2.24, 2.45) is 0 Å². The number of thioether (sulfide) groups is 1. The number of hydrogen-bond acceptors (Lipinski definition) is 3. The van der Waals surface area contributed by atoms with Gasteiger partial charge in [0.2, 0.25) is 0 Å². The van der Waals surface area contributed by atoms with E-state index in [0.29, 0.717) is 0 Å². The zero-order chi connectivity index (χ0) is 14.2. The van der Waals surface area contributed by atoms with Crippen LogP contribution in [0.3, 0.4) is 0 Å². The minimum atomic E-state index is -0.344. The fraction of sp³-hybridized carbons (Fsp3) is 0.933. The lowest BCUT2D eigenvalue weighted by atomic mass is 10.1. The highest BCUT2D eigenvalue weighted by atomic mass is 32.2. The van der Waals surface area contributed by atoms with Crippen molar-refractivity contribution in [3.05, 3.63) is 0 Å². The first-order valence-corrected chi connectivity index (χ1v) is 8.86. The van der Waals surface area contributed by atoms with Gasteiger partial charge in [0.15, 0.2) is 0 Å². The SMILES string of the molecule is CCCCCCCCCCCCCCSC(=O)NO. The summed E-state index contributed by atoms with van der Waals surface area (Å²) in [6, 6.07) is 0. The van der Waals surface area contributed by atoms with E-state index in [4.69, 9.17) is 5.21 Å². The molecule has 0 aliphatic rings. The van der Waals surface area contributed by atoms with Crippen LogP contribution in [0.5, 0.6) is 0 Å². The summed E-state index contributed by atoms with van der Waals surface area (Å²) in [4.78, 5) is 10.7. The highest BCUT2D eigenvalue weighted by molar-refractivity contribution is 8.13. The van der Waals surface area contributed by atoms with Crippen molar-refractivity contribution in [1.82, 2.24) is 5.48 Å². The Kier molecular flexibility index (Phi) is 15.7. The Balaban J connectivity index is 2.97. The predicted molar refractivity (Wildman–Crippen MR) is 83.9 cm³/mol. The van der Waals surface area contributed by atoms with Crippen molar-refractivity contribution < 1.29 is 10.0 Å². The van der Waals surface area contributed by atoms with E-state index in [1.807, 2.05) is 0 Å². The van der Waals surface area contributed by atoms with E-state index in [-0.39, 0.29) is 5.24 Å². The van der Waals surface area contributed by atoms with Crippen LogP contribution in [0.1, 0.15) is 84.0 Å². The lowest BCUT2D eigenvalue weighted by Gasteiger charge is -2.02. The second-order valence-electron chi connectivity index (χ2n) is 5.14. The maximum atomic E-state index is 10.7. The summed E-state index contributed by atoms with van der Waals surface area (Å²) in [6.45, 7) is 2.26. The van der Waals surface area contributed by atoms with Gasteiger partial charge in [-0.1, -0.05) is 89.3 Å². The lowest BCUT2D eigenvalue weighted by molar-refractivity contribution is 0.180. The minimum absolute atomic E-state index is 0.344. The van der Waals surface area contributed by atoms with Crippen LogP contribution in [0.4, 0.5) is 4.79 Å². The van der Waals surface area contributed by atoms with E-state index in [1.165, 1.54) is 70.6 Å². The van der Waals surface area contributed by atoms with Gasteiger partial charge in [-0.15, -0.1) is 0 Å². The largest absolute Gasteiger partial charge is 0.302 e. The number of nitrogens with one attached hydrogen (secondary N) is 1. The Labute approximate surface area is 122 Å². The number of hydroxylamine groups is 1. The molecule has 3 nitrogen and oxygen atoms in total. The Morgan fingerprint density at radius 1 is 0.842 bits per heavy atom. The Hall–Kier alpha value is -0.220. The second kappa shape index (κ2) is 15.8. The summed E-state index contributed by atoms with van der Waals surface area (Å²) < 4.78 is 0. The Morgan fingerprint density at radius 3 is 1.68 bits per heavy atom. The highest BCUT2D eigenvalue weighted by Crippen LogP contribution is 2.13. The molecule has 0 aliphatic carbocycles. The maximum Gasteiger partial charge on any atom is 0.302 e. The molecule has 0 fully saturated rings. The third-order valence-corrected chi connectivity index (χ3v) is 4.17. The van der Waals surface area contributed by atoms with Crippen LogP contribution in [-0.4, -0.2) is 16.2 Å². The average Bonchev–Trinajstić information content (AvgIpc) is 2.43. The van der Waals surface area contributed by atoms with Gasteiger partial charge in [-0.25, -0.2) is 5.48 Å². The zero-order valence-corrected chi connectivity index (χ0v) is 13.3. The minimum Gasteiger partial charge on any atom is -0.288 e. The molecule has 0 aliphatic heterocycles. The summed E-state index contributed by atoms with van der Waals surface area (Å²) in [6.07, 6.45) is 16.0. The number of carbonyl (C=O) groups is 1. The molecule has 0 saturated heterocycles. The topological polar surface area (TPSA) is 49.3 Å². The smallest absolute Gasteiger partial charge is 0.288 e. The van der Waals surface area contributed by atoms with Crippen LogP contribution in [0.25, 0.3) is 0 Å². The molecule has 2 N–H and O–H groups in total. The van der Waals surface area contributed by atoms with Crippen LogP contribution in [0.15, 0.2) is 0 Å². The molecule has 0 aromatic carbocycles. The second-order valence-corrected chi connectivity index (χ2v) is 6.20.